The Labute approximate surface area is 247 Å². The number of rotatable bonds is 23. The van der Waals surface area contributed by atoms with Crippen molar-refractivity contribution in [3.8, 4) is 0 Å². The van der Waals surface area contributed by atoms with Crippen LogP contribution in [0.15, 0.2) is 12.5 Å². The Hall–Kier alpha value is -2.91. The summed E-state index contributed by atoms with van der Waals surface area (Å²) in [6.45, 7) is 7.46. The minimum absolute atomic E-state index is 0.126. The number of carbonyl (C=O) groups is 4. The molecule has 0 aromatic carbocycles. The maximum atomic E-state index is 13.1. The van der Waals surface area contributed by atoms with Gasteiger partial charge in [0.15, 0.2) is 0 Å². The number of aromatic amines is 1. The van der Waals surface area contributed by atoms with Gasteiger partial charge in [0.2, 0.25) is 23.6 Å². The summed E-state index contributed by atoms with van der Waals surface area (Å²) in [6.07, 6.45) is 19.7. The fourth-order valence-electron chi connectivity index (χ4n) is 4.74. The van der Waals surface area contributed by atoms with E-state index in [1.165, 1.54) is 77.6 Å². The highest BCUT2D eigenvalue weighted by atomic mass is 16.2. The molecule has 10 heteroatoms. The van der Waals surface area contributed by atoms with Gasteiger partial charge in [-0.15, -0.1) is 0 Å². The molecule has 0 spiro atoms. The molecule has 0 saturated heterocycles. The van der Waals surface area contributed by atoms with Crippen molar-refractivity contribution in [2.45, 2.75) is 142 Å². The Bertz CT molecular complexity index is 874. The van der Waals surface area contributed by atoms with Gasteiger partial charge >= 0.3 is 0 Å². The summed E-state index contributed by atoms with van der Waals surface area (Å²) in [5, 5.41) is 10.7. The van der Waals surface area contributed by atoms with Crippen LogP contribution in [-0.2, 0) is 25.6 Å². The van der Waals surface area contributed by atoms with Gasteiger partial charge in [0.05, 0.1) is 12.0 Å². The summed E-state index contributed by atoms with van der Waals surface area (Å²) in [6, 6.07) is -2.48. The van der Waals surface area contributed by atoms with E-state index in [2.05, 4.69) is 38.2 Å². The first-order chi connectivity index (χ1) is 19.7. The summed E-state index contributed by atoms with van der Waals surface area (Å²) in [5.41, 5.74) is 0.628. The number of hydrogen-bond donors (Lipinski definition) is 5. The van der Waals surface area contributed by atoms with E-state index in [1.54, 1.807) is 13.1 Å². The van der Waals surface area contributed by atoms with E-state index in [9.17, 15) is 19.2 Å². The fourth-order valence-corrected chi connectivity index (χ4v) is 4.74. The van der Waals surface area contributed by atoms with Crippen LogP contribution < -0.4 is 21.3 Å². The predicted molar refractivity (Wildman–Crippen MR) is 163 cm³/mol. The maximum Gasteiger partial charge on any atom is 0.243 e. The first kappa shape index (κ1) is 36.1. The number of nitrogens with zero attached hydrogens (tertiary/aromatic N) is 1. The van der Waals surface area contributed by atoms with Crippen molar-refractivity contribution in [3.05, 3.63) is 18.2 Å². The second-order valence-corrected chi connectivity index (χ2v) is 11.5. The smallest absolute Gasteiger partial charge is 0.243 e. The molecule has 1 heterocycles. The third kappa shape index (κ3) is 16.2. The topological polar surface area (TPSA) is 145 Å². The normalized spacial score (nSPS) is 13.3. The first-order valence-electron chi connectivity index (χ1n) is 15.8. The summed E-state index contributed by atoms with van der Waals surface area (Å²) in [4.78, 5) is 57.6. The monoisotopic (exact) mass is 576 g/mol. The lowest BCUT2D eigenvalue weighted by Crippen LogP contribution is -2.57. The third-order valence-electron chi connectivity index (χ3n) is 7.37. The van der Waals surface area contributed by atoms with Crippen molar-refractivity contribution in [2.24, 2.45) is 5.92 Å². The minimum Gasteiger partial charge on any atom is -0.357 e. The Morgan fingerprint density at radius 3 is 1.80 bits per heavy atom. The van der Waals surface area contributed by atoms with E-state index in [1.807, 2.05) is 13.8 Å². The van der Waals surface area contributed by atoms with Crippen LogP contribution in [0.1, 0.15) is 123 Å². The van der Waals surface area contributed by atoms with Crippen LogP contribution in [0.25, 0.3) is 0 Å². The molecule has 0 fully saturated rings. The highest BCUT2D eigenvalue weighted by molar-refractivity contribution is 5.94. The molecule has 4 amide bonds. The molecule has 0 aliphatic rings. The molecule has 0 aliphatic heterocycles. The molecule has 0 radical (unpaired) electrons. The number of carbonyl (C=O) groups excluding carboxylic acids is 4. The van der Waals surface area contributed by atoms with Crippen LogP contribution in [0.2, 0.25) is 0 Å². The number of likely N-dealkylation sites (N-methyl/N-ethyl adjacent to an activating group) is 1. The Balaban J connectivity index is 2.43. The highest BCUT2D eigenvalue weighted by Gasteiger charge is 2.28. The van der Waals surface area contributed by atoms with Crippen LogP contribution in [0, 0.1) is 5.92 Å². The number of aromatic nitrogens is 2. The van der Waals surface area contributed by atoms with Gasteiger partial charge in [-0.25, -0.2) is 4.98 Å². The molecule has 1 aromatic heterocycles. The van der Waals surface area contributed by atoms with Crippen molar-refractivity contribution in [2.75, 3.05) is 7.05 Å². The molecule has 0 bridgehead atoms. The molecule has 0 unspecified atom stereocenters. The molecule has 41 heavy (non-hydrogen) atoms. The number of hydrogen-bond acceptors (Lipinski definition) is 5. The van der Waals surface area contributed by atoms with Crippen LogP contribution in [-0.4, -0.2) is 58.8 Å². The molecule has 3 atom stereocenters. The fraction of sp³-hybridized carbons (Fsp3) is 0.774. The van der Waals surface area contributed by atoms with Crippen LogP contribution in [0.4, 0.5) is 0 Å². The standard InChI is InChI=1S/C31H56N6O4/c1-6-7-8-9-10-11-12-13-14-15-16-17-18-19-27(38)36-26(20-25-21-33-22-34-25)30(40)35-24(4)29(39)37-28(23(2)3)31(41)32-5/h21-24,26,28H,6-20H2,1-5H3,(H,32,41)(H,33,34)(H,35,40)(H,36,38)(H,37,39)/t24-,26-,28-/m0/s1. The van der Waals surface area contributed by atoms with Gasteiger partial charge in [0.1, 0.15) is 18.1 Å². The average Bonchev–Trinajstić information content (AvgIpc) is 3.46. The van der Waals surface area contributed by atoms with E-state index in [4.69, 9.17) is 0 Å². The predicted octanol–water partition coefficient (Wildman–Crippen LogP) is 4.31. The number of H-pyrrole nitrogens is 1. The van der Waals surface area contributed by atoms with Gasteiger partial charge in [-0.05, 0) is 19.3 Å². The number of unbranched alkanes of at least 4 members (excludes halogenated alkanes) is 12. The molecule has 10 nitrogen and oxygen atoms in total. The van der Waals surface area contributed by atoms with Crippen molar-refractivity contribution in [1.29, 1.82) is 0 Å². The van der Waals surface area contributed by atoms with E-state index in [-0.39, 0.29) is 24.2 Å². The lowest BCUT2D eigenvalue weighted by molar-refractivity contribution is -0.133. The van der Waals surface area contributed by atoms with Crippen molar-refractivity contribution in [1.82, 2.24) is 31.2 Å². The van der Waals surface area contributed by atoms with Crippen LogP contribution >= 0.6 is 0 Å². The van der Waals surface area contributed by atoms with Gasteiger partial charge < -0.3 is 26.3 Å². The molecule has 0 saturated carbocycles. The molecule has 0 aliphatic carbocycles. The SMILES string of the molecule is CCCCCCCCCCCCCCCC(=O)N[C@@H](Cc1c[nH]cn1)C(=O)N[C@@H](C)C(=O)N[C@H](C(=O)NC)C(C)C. The molecule has 1 aromatic rings. The number of amides is 4. The van der Waals surface area contributed by atoms with E-state index < -0.39 is 29.9 Å². The summed E-state index contributed by atoms with van der Waals surface area (Å²) in [5.74, 6) is -1.57. The lowest BCUT2D eigenvalue weighted by atomic mass is 10.0. The maximum absolute atomic E-state index is 13.1. The minimum atomic E-state index is -0.895. The zero-order chi connectivity index (χ0) is 30.5. The first-order valence-corrected chi connectivity index (χ1v) is 15.8. The van der Waals surface area contributed by atoms with Crippen molar-refractivity contribution in [3.63, 3.8) is 0 Å². The summed E-state index contributed by atoms with van der Waals surface area (Å²) in [7, 11) is 1.51. The Morgan fingerprint density at radius 1 is 0.756 bits per heavy atom. The highest BCUT2D eigenvalue weighted by Crippen LogP contribution is 2.13. The van der Waals surface area contributed by atoms with Crippen LogP contribution in [0.3, 0.4) is 0 Å². The van der Waals surface area contributed by atoms with E-state index in [0.29, 0.717) is 12.1 Å². The van der Waals surface area contributed by atoms with Gasteiger partial charge in [-0.3, -0.25) is 19.2 Å². The largest absolute Gasteiger partial charge is 0.357 e. The molecular weight excluding hydrogens is 520 g/mol. The molecule has 1 rings (SSSR count). The zero-order valence-corrected chi connectivity index (χ0v) is 26.2. The van der Waals surface area contributed by atoms with Gasteiger partial charge in [0, 0.05) is 26.1 Å². The quantitative estimate of drug-likeness (QED) is 0.123. The van der Waals surface area contributed by atoms with Crippen LogP contribution in [0.5, 0.6) is 0 Å². The molecular formula is C31H56N6O4. The summed E-state index contributed by atoms with van der Waals surface area (Å²) >= 11 is 0. The molecule has 234 valence electrons. The molecule has 5 N–H and O–H groups in total. The third-order valence-corrected chi connectivity index (χ3v) is 7.37. The van der Waals surface area contributed by atoms with Crippen molar-refractivity contribution >= 4 is 23.6 Å². The van der Waals surface area contributed by atoms with Gasteiger partial charge in [-0.1, -0.05) is 97.8 Å². The van der Waals surface area contributed by atoms with E-state index >= 15 is 0 Å². The second-order valence-electron chi connectivity index (χ2n) is 11.5. The number of imidazole rings is 1. The lowest BCUT2D eigenvalue weighted by Gasteiger charge is -2.24. The van der Waals surface area contributed by atoms with E-state index in [0.717, 1.165) is 19.3 Å². The zero-order valence-electron chi connectivity index (χ0n) is 26.2. The Kier molecular flexibility index (Phi) is 19.2. The number of nitrogens with one attached hydrogen (secondary N) is 5. The van der Waals surface area contributed by atoms with Gasteiger partial charge in [0.25, 0.3) is 0 Å². The van der Waals surface area contributed by atoms with Gasteiger partial charge in [-0.2, -0.15) is 0 Å². The Morgan fingerprint density at radius 2 is 1.32 bits per heavy atom. The summed E-state index contributed by atoms with van der Waals surface area (Å²) < 4.78 is 0. The average molecular weight is 577 g/mol. The second kappa shape index (κ2) is 21.8. The van der Waals surface area contributed by atoms with Crippen molar-refractivity contribution < 1.29 is 19.2 Å².